The van der Waals surface area contributed by atoms with Crippen molar-refractivity contribution < 1.29 is 14.0 Å². The zero-order chi connectivity index (χ0) is 22.2. The molecule has 4 heteroatoms. The maximum atomic E-state index is 5.98. The number of hydrogen-bond donors (Lipinski definition) is 0. The average Bonchev–Trinajstić information content (AvgIpc) is 3.15. The highest BCUT2D eigenvalue weighted by atomic mass is 32.1. The molecule has 3 nitrogen and oxygen atoms in total. The van der Waals surface area contributed by atoms with Gasteiger partial charge in [0.25, 0.3) is 0 Å². The Balaban J connectivity index is 1.96. The third kappa shape index (κ3) is 5.63. The summed E-state index contributed by atoms with van der Waals surface area (Å²) in [6.07, 6.45) is 9.53. The van der Waals surface area contributed by atoms with E-state index in [1.807, 2.05) is 31.3 Å². The highest BCUT2D eigenvalue weighted by Gasteiger charge is 2.22. The van der Waals surface area contributed by atoms with Crippen LogP contribution in [-0.4, -0.2) is 19.8 Å². The summed E-state index contributed by atoms with van der Waals surface area (Å²) in [6, 6.07) is 15.2. The molecule has 3 rings (SSSR count). The SMILES string of the molecule is CCCc1c(-c2cccc[n+]2/C(=C/COC(C)/C=C(/C)OC)CC)sc2ccccc12. The van der Waals surface area contributed by atoms with E-state index in [1.165, 1.54) is 31.9 Å². The number of fused-ring (bicyclic) bond motifs is 1. The minimum absolute atomic E-state index is 0.00769. The third-order valence-corrected chi connectivity index (χ3v) is 6.67. The quantitative estimate of drug-likeness (QED) is 0.252. The predicted octanol–water partition coefficient (Wildman–Crippen LogP) is 7.01. The molecule has 0 bridgehead atoms. The number of benzene rings is 1. The van der Waals surface area contributed by atoms with Crippen molar-refractivity contribution >= 4 is 27.1 Å². The summed E-state index contributed by atoms with van der Waals surface area (Å²) < 4.78 is 14.9. The van der Waals surface area contributed by atoms with Gasteiger partial charge in [-0.1, -0.05) is 38.5 Å². The van der Waals surface area contributed by atoms with Crippen LogP contribution < -0.4 is 4.57 Å². The molecule has 0 N–H and O–H groups in total. The fourth-order valence-corrected chi connectivity index (χ4v) is 5.11. The maximum Gasteiger partial charge on any atom is 0.228 e. The van der Waals surface area contributed by atoms with Gasteiger partial charge in [0, 0.05) is 29.3 Å². The first-order valence-corrected chi connectivity index (χ1v) is 12.0. The van der Waals surface area contributed by atoms with Gasteiger partial charge in [-0.3, -0.25) is 0 Å². The van der Waals surface area contributed by atoms with E-state index in [4.69, 9.17) is 9.47 Å². The minimum atomic E-state index is 0.00769. The van der Waals surface area contributed by atoms with Crippen LogP contribution in [0.25, 0.3) is 26.4 Å². The second-order valence-corrected chi connectivity index (χ2v) is 8.73. The van der Waals surface area contributed by atoms with Crippen LogP contribution >= 0.6 is 11.3 Å². The summed E-state index contributed by atoms with van der Waals surface area (Å²) in [4.78, 5) is 1.37. The monoisotopic (exact) mass is 436 g/mol. The minimum Gasteiger partial charge on any atom is -0.502 e. The van der Waals surface area contributed by atoms with Crippen LogP contribution in [0.3, 0.4) is 0 Å². The second-order valence-electron chi connectivity index (χ2n) is 7.68. The highest BCUT2D eigenvalue weighted by Crippen LogP contribution is 2.38. The van der Waals surface area contributed by atoms with Crippen molar-refractivity contribution in [2.24, 2.45) is 0 Å². The smallest absolute Gasteiger partial charge is 0.228 e. The van der Waals surface area contributed by atoms with Gasteiger partial charge in [0.1, 0.15) is 4.88 Å². The van der Waals surface area contributed by atoms with Crippen molar-refractivity contribution in [2.45, 2.75) is 53.1 Å². The Kier molecular flexibility index (Phi) is 8.44. The predicted molar refractivity (Wildman–Crippen MR) is 132 cm³/mol. The Morgan fingerprint density at radius 3 is 2.65 bits per heavy atom. The lowest BCUT2D eigenvalue weighted by Crippen LogP contribution is -2.34. The van der Waals surface area contributed by atoms with Crippen molar-refractivity contribution in [3.05, 3.63) is 72.1 Å². The van der Waals surface area contributed by atoms with Gasteiger partial charge >= 0.3 is 0 Å². The lowest BCUT2D eigenvalue weighted by Gasteiger charge is -2.09. The van der Waals surface area contributed by atoms with Gasteiger partial charge in [0.2, 0.25) is 5.69 Å². The molecule has 164 valence electrons. The molecule has 0 fully saturated rings. The fraction of sp³-hybridized carbons (Fsp3) is 0.370. The molecular formula is C27H34NO2S+. The van der Waals surface area contributed by atoms with E-state index in [2.05, 4.69) is 73.2 Å². The Hall–Kier alpha value is -2.43. The van der Waals surface area contributed by atoms with Crippen LogP contribution in [0.2, 0.25) is 0 Å². The van der Waals surface area contributed by atoms with E-state index >= 15 is 0 Å². The molecule has 0 saturated carbocycles. The molecule has 2 aromatic heterocycles. The third-order valence-electron chi connectivity index (χ3n) is 5.43. The summed E-state index contributed by atoms with van der Waals surface area (Å²) in [6.45, 7) is 9.00. The molecule has 1 aromatic carbocycles. The molecule has 0 radical (unpaired) electrons. The summed E-state index contributed by atoms with van der Waals surface area (Å²) in [5.74, 6) is 0.875. The molecule has 0 amide bonds. The van der Waals surface area contributed by atoms with Crippen molar-refractivity contribution in [1.29, 1.82) is 0 Å². The van der Waals surface area contributed by atoms with Gasteiger partial charge in [-0.15, -0.1) is 11.3 Å². The number of nitrogens with zero attached hydrogens (tertiary/aromatic N) is 1. The zero-order valence-electron chi connectivity index (χ0n) is 19.4. The molecule has 2 heterocycles. The molecule has 3 aromatic rings. The largest absolute Gasteiger partial charge is 0.502 e. The van der Waals surface area contributed by atoms with Gasteiger partial charge in [-0.25, -0.2) is 0 Å². The maximum absolute atomic E-state index is 5.98. The Labute approximate surface area is 190 Å². The van der Waals surface area contributed by atoms with Gasteiger partial charge in [0.15, 0.2) is 11.9 Å². The summed E-state index contributed by atoms with van der Waals surface area (Å²) in [5.41, 5.74) is 3.96. The van der Waals surface area contributed by atoms with E-state index in [0.717, 1.165) is 25.0 Å². The first kappa shape index (κ1) is 23.2. The molecule has 0 spiro atoms. The highest BCUT2D eigenvalue weighted by molar-refractivity contribution is 7.22. The number of pyridine rings is 1. The molecule has 0 aliphatic carbocycles. The molecular weight excluding hydrogens is 402 g/mol. The van der Waals surface area contributed by atoms with Crippen LogP contribution in [0.5, 0.6) is 0 Å². The van der Waals surface area contributed by atoms with Gasteiger partial charge in [0.05, 0.1) is 25.6 Å². The van der Waals surface area contributed by atoms with E-state index < -0.39 is 0 Å². The van der Waals surface area contributed by atoms with Gasteiger partial charge in [-0.05, 0) is 49.4 Å². The second kappa shape index (κ2) is 11.3. The zero-order valence-corrected chi connectivity index (χ0v) is 20.2. The lowest BCUT2D eigenvalue weighted by atomic mass is 10.0. The number of allylic oxidation sites excluding steroid dienone is 2. The molecule has 31 heavy (non-hydrogen) atoms. The summed E-state index contributed by atoms with van der Waals surface area (Å²) >= 11 is 1.90. The van der Waals surface area contributed by atoms with Crippen LogP contribution in [0.4, 0.5) is 0 Å². The van der Waals surface area contributed by atoms with Crippen molar-refractivity contribution in [3.8, 4) is 10.6 Å². The van der Waals surface area contributed by atoms with Crippen molar-refractivity contribution in [1.82, 2.24) is 0 Å². The number of thiophene rings is 1. The van der Waals surface area contributed by atoms with Crippen molar-refractivity contribution in [2.75, 3.05) is 13.7 Å². The Morgan fingerprint density at radius 1 is 1.13 bits per heavy atom. The summed E-state index contributed by atoms with van der Waals surface area (Å²) in [7, 11) is 1.68. The lowest BCUT2D eigenvalue weighted by molar-refractivity contribution is -0.571. The summed E-state index contributed by atoms with van der Waals surface area (Å²) in [5, 5.41) is 1.39. The fourth-order valence-electron chi connectivity index (χ4n) is 3.84. The molecule has 1 unspecified atom stereocenters. The van der Waals surface area contributed by atoms with Crippen LogP contribution in [-0.2, 0) is 15.9 Å². The number of aryl methyl sites for hydroxylation is 1. The molecule has 0 aliphatic rings. The number of rotatable bonds is 10. The Bertz CT molecular complexity index is 1060. The van der Waals surface area contributed by atoms with E-state index in [-0.39, 0.29) is 6.10 Å². The van der Waals surface area contributed by atoms with E-state index in [9.17, 15) is 0 Å². The normalized spacial score (nSPS) is 13.6. The number of aromatic nitrogens is 1. The standard InChI is InChI=1S/C27H34NO2S/c1-6-12-24-23-13-8-9-15-26(23)31-27(24)25-14-10-11-17-28(25)22(7-2)16-18-30-21(4)19-20(3)29-5/h8-11,13-17,19,21H,6-7,12,18H2,1-5H3/q+1/b20-19-,22-16+. The molecule has 0 aliphatic heterocycles. The van der Waals surface area contributed by atoms with Crippen LogP contribution in [0, 0.1) is 0 Å². The van der Waals surface area contributed by atoms with E-state index in [0.29, 0.717) is 6.61 Å². The number of methoxy groups -OCH3 is 1. The number of hydrogen-bond acceptors (Lipinski definition) is 3. The molecule has 1 atom stereocenters. The average molecular weight is 437 g/mol. The molecule has 0 saturated heterocycles. The van der Waals surface area contributed by atoms with Crippen LogP contribution in [0.1, 0.15) is 46.1 Å². The van der Waals surface area contributed by atoms with E-state index in [1.54, 1.807) is 7.11 Å². The first-order valence-electron chi connectivity index (χ1n) is 11.1. The van der Waals surface area contributed by atoms with Gasteiger partial charge < -0.3 is 9.47 Å². The van der Waals surface area contributed by atoms with Crippen LogP contribution in [0.15, 0.2) is 66.6 Å². The topological polar surface area (TPSA) is 22.3 Å². The van der Waals surface area contributed by atoms with Crippen molar-refractivity contribution in [3.63, 3.8) is 0 Å². The first-order chi connectivity index (χ1) is 15.1. The van der Waals surface area contributed by atoms with Gasteiger partial charge in [-0.2, -0.15) is 4.57 Å². The Morgan fingerprint density at radius 2 is 1.90 bits per heavy atom. The number of ether oxygens (including phenoxy) is 2.